The number of carbonyl (C=O) groups excluding carboxylic acids is 1. The van der Waals surface area contributed by atoms with Crippen LogP contribution in [0.15, 0.2) is 0 Å². The monoisotopic (exact) mass is 265 g/mol. The predicted molar refractivity (Wildman–Crippen MR) is 75.6 cm³/mol. The fraction of sp³-hybridized carbons (Fsp3) is 0.933. The molecule has 3 fully saturated rings. The van der Waals surface area contributed by atoms with E-state index in [4.69, 9.17) is 5.73 Å². The lowest BCUT2D eigenvalue weighted by molar-refractivity contribution is -0.123. The van der Waals surface area contributed by atoms with E-state index >= 15 is 0 Å². The van der Waals surface area contributed by atoms with Crippen LogP contribution in [0.1, 0.15) is 39.0 Å². The van der Waals surface area contributed by atoms with Crippen LogP contribution in [0.3, 0.4) is 0 Å². The minimum absolute atomic E-state index is 0.185. The highest BCUT2D eigenvalue weighted by atomic mass is 16.2. The van der Waals surface area contributed by atoms with Crippen LogP contribution in [0.4, 0.5) is 0 Å². The minimum Gasteiger partial charge on any atom is -0.352 e. The van der Waals surface area contributed by atoms with Crippen LogP contribution in [-0.2, 0) is 4.79 Å². The molecule has 1 amide bonds. The van der Waals surface area contributed by atoms with Gasteiger partial charge in [0.25, 0.3) is 0 Å². The van der Waals surface area contributed by atoms with Crippen LogP contribution in [0.2, 0.25) is 0 Å². The summed E-state index contributed by atoms with van der Waals surface area (Å²) >= 11 is 0. The molecule has 108 valence electrons. The van der Waals surface area contributed by atoms with Gasteiger partial charge in [0.15, 0.2) is 0 Å². The van der Waals surface area contributed by atoms with Gasteiger partial charge in [0.2, 0.25) is 5.91 Å². The van der Waals surface area contributed by atoms with E-state index in [1.54, 1.807) is 0 Å². The van der Waals surface area contributed by atoms with Crippen LogP contribution in [0.5, 0.6) is 0 Å². The average molecular weight is 265 g/mol. The molecule has 0 radical (unpaired) electrons. The van der Waals surface area contributed by atoms with E-state index in [0.717, 1.165) is 37.3 Å². The van der Waals surface area contributed by atoms with E-state index in [1.807, 2.05) is 0 Å². The molecular weight excluding hydrogens is 238 g/mol. The molecule has 0 aromatic rings. The van der Waals surface area contributed by atoms with E-state index < -0.39 is 0 Å². The lowest BCUT2D eigenvalue weighted by Gasteiger charge is -2.29. The highest BCUT2D eigenvalue weighted by Crippen LogP contribution is 2.49. The fourth-order valence-corrected chi connectivity index (χ4v) is 4.52. The van der Waals surface area contributed by atoms with Crippen molar-refractivity contribution in [3.8, 4) is 0 Å². The Morgan fingerprint density at radius 1 is 1.37 bits per heavy atom. The Balaban J connectivity index is 1.44. The smallest absolute Gasteiger partial charge is 0.234 e. The van der Waals surface area contributed by atoms with Gasteiger partial charge in [-0.1, -0.05) is 6.42 Å². The maximum absolute atomic E-state index is 12.1. The molecule has 0 spiro atoms. The van der Waals surface area contributed by atoms with Gasteiger partial charge in [0, 0.05) is 25.2 Å². The number of rotatable bonds is 4. The van der Waals surface area contributed by atoms with Gasteiger partial charge >= 0.3 is 0 Å². The number of amides is 1. The number of hydrogen-bond acceptors (Lipinski definition) is 3. The van der Waals surface area contributed by atoms with Gasteiger partial charge < -0.3 is 11.1 Å². The van der Waals surface area contributed by atoms with Gasteiger partial charge in [-0.15, -0.1) is 0 Å². The molecule has 2 aliphatic carbocycles. The van der Waals surface area contributed by atoms with Crippen LogP contribution < -0.4 is 11.1 Å². The molecule has 4 heteroatoms. The second-order valence-electron chi connectivity index (χ2n) is 6.98. The van der Waals surface area contributed by atoms with Gasteiger partial charge in [-0.05, 0) is 50.4 Å². The molecule has 1 saturated heterocycles. The Morgan fingerprint density at radius 3 is 2.79 bits per heavy atom. The Bertz CT molecular complexity index is 346. The van der Waals surface area contributed by atoms with Crippen molar-refractivity contribution in [2.75, 3.05) is 19.6 Å². The van der Waals surface area contributed by atoms with E-state index in [2.05, 4.69) is 17.1 Å². The Labute approximate surface area is 116 Å². The summed E-state index contributed by atoms with van der Waals surface area (Å²) in [5.74, 6) is 2.74. The number of fused-ring (bicyclic) bond motifs is 2. The molecule has 2 saturated carbocycles. The van der Waals surface area contributed by atoms with Gasteiger partial charge in [0.05, 0.1) is 6.54 Å². The van der Waals surface area contributed by atoms with Gasteiger partial charge in [0.1, 0.15) is 0 Å². The van der Waals surface area contributed by atoms with Crippen LogP contribution in [0.25, 0.3) is 0 Å². The van der Waals surface area contributed by atoms with Crippen molar-refractivity contribution in [2.45, 2.75) is 51.1 Å². The maximum atomic E-state index is 12.1. The van der Waals surface area contributed by atoms with Crippen molar-refractivity contribution in [2.24, 2.45) is 23.5 Å². The van der Waals surface area contributed by atoms with Crippen LogP contribution >= 0.6 is 0 Å². The normalized spacial score (nSPS) is 39.7. The summed E-state index contributed by atoms with van der Waals surface area (Å²) in [6.45, 7) is 4.56. The lowest BCUT2D eigenvalue weighted by Crippen LogP contribution is -2.44. The summed E-state index contributed by atoms with van der Waals surface area (Å²) in [7, 11) is 0. The zero-order chi connectivity index (χ0) is 13.4. The number of nitrogens with one attached hydrogen (secondary N) is 1. The molecule has 1 heterocycles. The zero-order valence-electron chi connectivity index (χ0n) is 12.0. The van der Waals surface area contributed by atoms with Crippen molar-refractivity contribution in [3.63, 3.8) is 0 Å². The third-order valence-corrected chi connectivity index (χ3v) is 5.50. The fourth-order valence-electron chi connectivity index (χ4n) is 4.52. The maximum Gasteiger partial charge on any atom is 0.234 e. The molecule has 3 rings (SSSR count). The number of nitrogens with zero attached hydrogens (tertiary/aromatic N) is 1. The van der Waals surface area contributed by atoms with Gasteiger partial charge in [-0.2, -0.15) is 0 Å². The van der Waals surface area contributed by atoms with Crippen molar-refractivity contribution in [1.82, 2.24) is 10.2 Å². The molecule has 0 aromatic heterocycles. The number of nitrogens with two attached hydrogens (primary N) is 1. The summed E-state index contributed by atoms with van der Waals surface area (Å²) in [6, 6.07) is 0.606. The van der Waals surface area contributed by atoms with E-state index in [9.17, 15) is 4.79 Å². The average Bonchev–Trinajstić information content (AvgIpc) is 3.05. The molecule has 3 N–H and O–H groups in total. The summed E-state index contributed by atoms with van der Waals surface area (Å²) < 4.78 is 0. The summed E-state index contributed by atoms with van der Waals surface area (Å²) in [5, 5.41) is 3.23. The Kier molecular flexibility index (Phi) is 3.81. The van der Waals surface area contributed by atoms with Crippen LogP contribution in [0, 0.1) is 17.8 Å². The Hall–Kier alpha value is -0.610. The quantitative estimate of drug-likeness (QED) is 0.796. The third kappa shape index (κ3) is 2.95. The molecule has 0 aromatic carbocycles. The third-order valence-electron chi connectivity index (χ3n) is 5.50. The van der Waals surface area contributed by atoms with Gasteiger partial charge in [-0.25, -0.2) is 0 Å². The molecular formula is C15H27N3O. The summed E-state index contributed by atoms with van der Waals surface area (Å²) in [5.41, 5.74) is 5.87. The first-order chi connectivity index (χ1) is 9.11. The minimum atomic E-state index is 0.185. The topological polar surface area (TPSA) is 58.4 Å². The zero-order valence-corrected chi connectivity index (χ0v) is 12.0. The van der Waals surface area contributed by atoms with Gasteiger partial charge in [-0.3, -0.25) is 9.69 Å². The first kappa shape index (κ1) is 13.4. The van der Waals surface area contributed by atoms with E-state index in [1.165, 1.54) is 25.7 Å². The molecule has 3 aliphatic rings. The highest BCUT2D eigenvalue weighted by Gasteiger charge is 2.42. The first-order valence-corrected chi connectivity index (χ1v) is 7.89. The van der Waals surface area contributed by atoms with Crippen molar-refractivity contribution in [3.05, 3.63) is 0 Å². The van der Waals surface area contributed by atoms with Crippen molar-refractivity contribution < 1.29 is 4.79 Å². The molecule has 4 nitrogen and oxygen atoms in total. The molecule has 5 unspecified atom stereocenters. The molecule has 1 aliphatic heterocycles. The molecule has 2 bridgehead atoms. The van der Waals surface area contributed by atoms with E-state index in [-0.39, 0.29) is 11.9 Å². The second kappa shape index (κ2) is 5.41. The summed E-state index contributed by atoms with van der Waals surface area (Å²) in [6.07, 6.45) is 6.58. The second-order valence-corrected chi connectivity index (χ2v) is 6.98. The van der Waals surface area contributed by atoms with Crippen molar-refractivity contribution in [1.29, 1.82) is 0 Å². The summed E-state index contributed by atoms with van der Waals surface area (Å²) in [4.78, 5) is 14.3. The number of carbonyl (C=O) groups is 1. The Morgan fingerprint density at radius 2 is 2.21 bits per heavy atom. The standard InChI is InChI=1S/C15H27N3O/c1-10(14-7-11-2-3-12(14)6-11)17-15(19)9-18-5-4-13(16)8-18/h10-14H,2-9,16H2,1H3,(H,17,19). The van der Waals surface area contributed by atoms with Crippen molar-refractivity contribution >= 4 is 5.91 Å². The number of hydrogen-bond donors (Lipinski definition) is 2. The SMILES string of the molecule is CC(NC(=O)CN1CCC(N)C1)C1CC2CCC1C2. The van der Waals surface area contributed by atoms with Crippen LogP contribution in [-0.4, -0.2) is 42.5 Å². The first-order valence-electron chi connectivity index (χ1n) is 7.89. The predicted octanol–water partition coefficient (Wildman–Crippen LogP) is 0.960. The number of likely N-dealkylation sites (tertiary alicyclic amines) is 1. The largest absolute Gasteiger partial charge is 0.352 e. The molecule has 19 heavy (non-hydrogen) atoms. The lowest BCUT2D eigenvalue weighted by atomic mass is 9.84. The van der Waals surface area contributed by atoms with E-state index in [0.29, 0.717) is 12.6 Å². The molecule has 5 atom stereocenters. The highest BCUT2D eigenvalue weighted by molar-refractivity contribution is 5.78.